The fraction of sp³-hybridized carbons (Fsp3) is 0.200. The third kappa shape index (κ3) is 6.49. The maximum absolute atomic E-state index is 13.0. The van der Waals surface area contributed by atoms with Crippen LogP contribution < -0.4 is 14.8 Å². The number of alkyl halides is 6. The van der Waals surface area contributed by atoms with Crippen molar-refractivity contribution in [2.45, 2.75) is 25.1 Å². The van der Waals surface area contributed by atoms with Crippen molar-refractivity contribution in [3.63, 3.8) is 0 Å². The van der Waals surface area contributed by atoms with Crippen molar-refractivity contribution >= 4 is 29.0 Å². The van der Waals surface area contributed by atoms with E-state index in [9.17, 15) is 31.1 Å². The van der Waals surface area contributed by atoms with Gasteiger partial charge in [-0.25, -0.2) is 9.80 Å². The van der Waals surface area contributed by atoms with Gasteiger partial charge in [-0.2, -0.15) is 5.10 Å². The normalized spacial score (nSPS) is 17.7. The Morgan fingerprint density at radius 3 is 1.87 bits per heavy atom. The van der Waals surface area contributed by atoms with E-state index in [2.05, 4.69) is 19.9 Å². The van der Waals surface area contributed by atoms with Gasteiger partial charge >= 0.3 is 18.8 Å². The summed E-state index contributed by atoms with van der Waals surface area (Å²) in [5, 5.41) is 8.62. The molecule has 3 aromatic carbocycles. The van der Waals surface area contributed by atoms with Crippen LogP contribution in [0.15, 0.2) is 77.9 Å². The Kier molecular flexibility index (Phi) is 7.20. The third-order valence-corrected chi connectivity index (χ3v) is 5.88. The number of rotatable bonds is 5. The number of carbonyl (C=O) groups is 1. The number of nitrogens with zero attached hydrogens (tertiary/aromatic N) is 2. The first kappa shape index (κ1) is 27.1. The van der Waals surface area contributed by atoms with Gasteiger partial charge in [0.25, 0.3) is 0 Å². The maximum Gasteiger partial charge on any atom is 0.573 e. The second-order valence-electron chi connectivity index (χ2n) is 8.42. The average Bonchev–Trinajstić information content (AvgIpc) is 3.18. The zero-order valence-corrected chi connectivity index (χ0v) is 20.2. The van der Waals surface area contributed by atoms with Gasteiger partial charge in [0.2, 0.25) is 0 Å². The number of hydrazone groups is 1. The summed E-state index contributed by atoms with van der Waals surface area (Å²) in [5.41, 5.74) is 0.866. The SMILES string of the molecule is CC1(c2ccc(OC(F)(F)F)cc2)CN(C(=O)Nc2ccc(OC(F)(F)F)cc2)N=C1c1ccc(Cl)cc1. The van der Waals surface area contributed by atoms with Crippen molar-refractivity contribution in [3.05, 3.63) is 88.9 Å². The Labute approximate surface area is 217 Å². The molecule has 0 aromatic heterocycles. The zero-order valence-electron chi connectivity index (χ0n) is 19.4. The van der Waals surface area contributed by atoms with Gasteiger partial charge in [-0.3, -0.25) is 0 Å². The molecule has 38 heavy (non-hydrogen) atoms. The number of carbonyl (C=O) groups excluding carboxylic acids is 1. The van der Waals surface area contributed by atoms with Gasteiger partial charge in [-0.05, 0) is 66.6 Å². The zero-order chi connectivity index (χ0) is 27.7. The van der Waals surface area contributed by atoms with Crippen LogP contribution in [0.4, 0.5) is 36.8 Å². The molecule has 0 aliphatic carbocycles. The molecule has 0 radical (unpaired) electrons. The summed E-state index contributed by atoms with van der Waals surface area (Å²) >= 11 is 6.00. The van der Waals surface area contributed by atoms with Gasteiger partial charge in [-0.15, -0.1) is 26.3 Å². The average molecular weight is 558 g/mol. The van der Waals surface area contributed by atoms with Crippen molar-refractivity contribution < 1.29 is 40.6 Å². The maximum atomic E-state index is 13.0. The number of nitrogens with one attached hydrogen (secondary N) is 1. The lowest BCUT2D eigenvalue weighted by atomic mass is 9.76. The Balaban J connectivity index is 1.59. The number of hydrogen-bond donors (Lipinski definition) is 1. The standard InChI is InChI=1S/C25H18ClF6N3O3/c1-23(16-4-10-19(11-5-16)37-24(27,28)29)14-35(34-21(23)15-2-6-17(26)7-3-15)22(36)33-18-8-12-20(13-9-18)38-25(30,31)32/h2-13H,14H2,1H3,(H,33,36). The Hall–Kier alpha value is -3.93. The van der Waals surface area contributed by atoms with Crippen molar-refractivity contribution in [3.8, 4) is 11.5 Å². The Morgan fingerprint density at radius 1 is 0.868 bits per heavy atom. The molecule has 4 rings (SSSR count). The van der Waals surface area contributed by atoms with E-state index in [1.807, 2.05) is 0 Å². The van der Waals surface area contributed by atoms with Crippen LogP contribution in [-0.2, 0) is 5.41 Å². The molecule has 6 nitrogen and oxygen atoms in total. The topological polar surface area (TPSA) is 63.2 Å². The Morgan fingerprint density at radius 2 is 1.37 bits per heavy atom. The lowest BCUT2D eigenvalue weighted by Crippen LogP contribution is -2.38. The molecule has 0 fully saturated rings. The van der Waals surface area contributed by atoms with E-state index >= 15 is 0 Å². The minimum atomic E-state index is -4.85. The van der Waals surface area contributed by atoms with E-state index in [1.165, 1.54) is 36.4 Å². The van der Waals surface area contributed by atoms with E-state index < -0.39 is 35.7 Å². The van der Waals surface area contributed by atoms with Crippen LogP contribution in [0.25, 0.3) is 0 Å². The lowest BCUT2D eigenvalue weighted by molar-refractivity contribution is -0.275. The molecule has 1 aliphatic heterocycles. The van der Waals surface area contributed by atoms with E-state index in [1.54, 1.807) is 31.2 Å². The van der Waals surface area contributed by atoms with Crippen LogP contribution in [0.1, 0.15) is 18.1 Å². The van der Waals surface area contributed by atoms with Crippen LogP contribution in [-0.4, -0.2) is 36.0 Å². The number of anilines is 1. The highest BCUT2D eigenvalue weighted by atomic mass is 35.5. The summed E-state index contributed by atoms with van der Waals surface area (Å²) in [4.78, 5) is 13.0. The molecule has 200 valence electrons. The van der Waals surface area contributed by atoms with Gasteiger partial charge in [0.05, 0.1) is 17.7 Å². The highest BCUT2D eigenvalue weighted by Crippen LogP contribution is 2.37. The largest absolute Gasteiger partial charge is 0.573 e. The van der Waals surface area contributed by atoms with Crippen LogP contribution in [0.2, 0.25) is 5.02 Å². The molecule has 13 heteroatoms. The number of benzene rings is 3. The molecule has 1 unspecified atom stereocenters. The summed E-state index contributed by atoms with van der Waals surface area (Å²) in [6.07, 6.45) is -9.70. The summed E-state index contributed by atoms with van der Waals surface area (Å²) in [6, 6.07) is 15.8. The molecule has 1 N–H and O–H groups in total. The number of amides is 2. The highest BCUT2D eigenvalue weighted by molar-refractivity contribution is 6.30. The smallest absolute Gasteiger partial charge is 0.406 e. The molecule has 0 bridgehead atoms. The highest BCUT2D eigenvalue weighted by Gasteiger charge is 2.43. The second-order valence-corrected chi connectivity index (χ2v) is 8.86. The number of hydrogen-bond acceptors (Lipinski definition) is 4. The van der Waals surface area contributed by atoms with Gasteiger partial charge in [0.1, 0.15) is 11.5 Å². The van der Waals surface area contributed by atoms with Crippen LogP contribution in [0.5, 0.6) is 11.5 Å². The van der Waals surface area contributed by atoms with Gasteiger partial charge in [-0.1, -0.05) is 35.9 Å². The van der Waals surface area contributed by atoms with Gasteiger partial charge in [0, 0.05) is 10.7 Å². The summed E-state index contributed by atoms with van der Waals surface area (Å²) in [6.45, 7) is 1.78. The molecule has 1 aliphatic rings. The fourth-order valence-electron chi connectivity index (χ4n) is 3.92. The molecule has 0 spiro atoms. The predicted molar refractivity (Wildman–Crippen MR) is 127 cm³/mol. The third-order valence-electron chi connectivity index (χ3n) is 5.63. The molecule has 0 saturated carbocycles. The number of urea groups is 1. The molecule has 1 atom stereocenters. The summed E-state index contributed by atoms with van der Waals surface area (Å²) in [5.74, 6) is -0.856. The Bertz CT molecular complexity index is 1330. The van der Waals surface area contributed by atoms with E-state index in [-0.39, 0.29) is 12.2 Å². The first-order valence-corrected chi connectivity index (χ1v) is 11.3. The molecule has 2 amide bonds. The van der Waals surface area contributed by atoms with Crippen molar-refractivity contribution in [1.29, 1.82) is 0 Å². The molecule has 1 heterocycles. The number of ether oxygens (including phenoxy) is 2. The minimum absolute atomic E-state index is 0.00549. The van der Waals surface area contributed by atoms with Crippen LogP contribution >= 0.6 is 11.6 Å². The first-order chi connectivity index (χ1) is 17.7. The van der Waals surface area contributed by atoms with Crippen molar-refractivity contribution in [2.24, 2.45) is 5.10 Å². The summed E-state index contributed by atoms with van der Waals surface area (Å²) < 4.78 is 82.7. The van der Waals surface area contributed by atoms with Crippen LogP contribution in [0, 0.1) is 0 Å². The quantitative estimate of drug-likeness (QED) is 0.334. The van der Waals surface area contributed by atoms with E-state index in [0.29, 0.717) is 21.9 Å². The molecule has 0 saturated heterocycles. The molecular weight excluding hydrogens is 540 g/mol. The number of halogens is 7. The molecular formula is C25H18ClF6N3O3. The minimum Gasteiger partial charge on any atom is -0.406 e. The fourth-order valence-corrected chi connectivity index (χ4v) is 4.05. The summed E-state index contributed by atoms with van der Waals surface area (Å²) in [7, 11) is 0. The van der Waals surface area contributed by atoms with Crippen molar-refractivity contribution in [2.75, 3.05) is 11.9 Å². The first-order valence-electron chi connectivity index (χ1n) is 10.9. The lowest BCUT2D eigenvalue weighted by Gasteiger charge is -2.27. The monoisotopic (exact) mass is 557 g/mol. The van der Waals surface area contributed by atoms with Crippen molar-refractivity contribution in [1.82, 2.24) is 5.01 Å². The van der Waals surface area contributed by atoms with Gasteiger partial charge < -0.3 is 14.8 Å². The van der Waals surface area contributed by atoms with E-state index in [4.69, 9.17) is 11.6 Å². The predicted octanol–water partition coefficient (Wildman–Crippen LogP) is 7.35. The molecule has 3 aromatic rings. The second kappa shape index (κ2) is 10.1. The van der Waals surface area contributed by atoms with E-state index in [0.717, 1.165) is 17.1 Å². The van der Waals surface area contributed by atoms with Gasteiger partial charge in [0.15, 0.2) is 0 Å². The van der Waals surface area contributed by atoms with Crippen LogP contribution in [0.3, 0.4) is 0 Å².